The Morgan fingerprint density at radius 3 is 3.11 bits per heavy atom. The fourth-order valence-corrected chi connectivity index (χ4v) is 2.18. The molecule has 1 aliphatic heterocycles. The second-order valence-electron chi connectivity index (χ2n) is 4.52. The summed E-state index contributed by atoms with van der Waals surface area (Å²) in [5.41, 5.74) is 0.952. The second kappa shape index (κ2) is 5.32. The van der Waals surface area contributed by atoms with Gasteiger partial charge in [0.05, 0.1) is 25.2 Å². The second-order valence-corrected chi connectivity index (χ2v) is 4.52. The summed E-state index contributed by atoms with van der Waals surface area (Å²) >= 11 is 0. The fourth-order valence-electron chi connectivity index (χ4n) is 2.18. The van der Waals surface area contributed by atoms with E-state index in [1.165, 1.54) is 0 Å². The number of hydrogen-bond acceptors (Lipinski definition) is 4. The van der Waals surface area contributed by atoms with Crippen molar-refractivity contribution in [2.24, 2.45) is 0 Å². The predicted octanol–water partition coefficient (Wildman–Crippen LogP) is 1.97. The lowest BCUT2D eigenvalue weighted by Gasteiger charge is -2.10. The van der Waals surface area contributed by atoms with E-state index >= 15 is 0 Å². The van der Waals surface area contributed by atoms with Crippen LogP contribution in [0.5, 0.6) is 11.5 Å². The Morgan fingerprint density at radius 2 is 2.32 bits per heavy atom. The summed E-state index contributed by atoms with van der Waals surface area (Å²) in [5, 5.41) is 7.61. The van der Waals surface area contributed by atoms with Gasteiger partial charge in [0.15, 0.2) is 5.75 Å². The zero-order valence-electron chi connectivity index (χ0n) is 10.9. The van der Waals surface area contributed by atoms with Gasteiger partial charge in [0.1, 0.15) is 12.0 Å². The van der Waals surface area contributed by atoms with Crippen molar-refractivity contribution in [3.8, 4) is 17.2 Å². The number of nitrogens with zero attached hydrogens (tertiary/aromatic N) is 2. The van der Waals surface area contributed by atoms with Gasteiger partial charge in [-0.25, -0.2) is 4.68 Å². The molecule has 5 heteroatoms. The Bertz CT molecular complexity index is 547. The van der Waals surface area contributed by atoms with Gasteiger partial charge in [-0.05, 0) is 31.5 Å². The van der Waals surface area contributed by atoms with Crippen molar-refractivity contribution in [1.29, 1.82) is 0 Å². The van der Waals surface area contributed by atoms with Crippen molar-refractivity contribution in [2.75, 3.05) is 13.7 Å². The predicted molar refractivity (Wildman–Crippen MR) is 71.8 cm³/mol. The third kappa shape index (κ3) is 2.71. The van der Waals surface area contributed by atoms with Crippen molar-refractivity contribution < 1.29 is 9.47 Å². The Labute approximate surface area is 112 Å². The Balaban J connectivity index is 1.76. The molecule has 1 aromatic heterocycles. The third-order valence-corrected chi connectivity index (χ3v) is 3.17. The number of methoxy groups -OCH3 is 1. The van der Waals surface area contributed by atoms with Crippen LogP contribution in [-0.4, -0.2) is 29.7 Å². The Hall–Kier alpha value is -2.01. The molecule has 1 fully saturated rings. The number of ether oxygens (including phenoxy) is 2. The zero-order valence-corrected chi connectivity index (χ0v) is 10.9. The molecule has 2 aromatic rings. The van der Waals surface area contributed by atoms with E-state index in [9.17, 15) is 0 Å². The van der Waals surface area contributed by atoms with Crippen LogP contribution in [0, 0.1) is 0 Å². The van der Waals surface area contributed by atoms with Crippen molar-refractivity contribution in [1.82, 2.24) is 15.1 Å². The molecular weight excluding hydrogens is 242 g/mol. The molecule has 1 unspecified atom stereocenters. The average Bonchev–Trinajstić information content (AvgIpc) is 3.11. The number of aromatic nitrogens is 2. The number of rotatable bonds is 4. The standard InChI is InChI=1S/C14H17N3O2/c1-18-12-5-2-4-11(8-12)17-10-13(9-16-17)19-14-6-3-7-15-14/h2,4-5,8-10,14-15H,3,6-7H2,1H3. The highest BCUT2D eigenvalue weighted by Gasteiger charge is 2.16. The zero-order chi connectivity index (χ0) is 13.1. The van der Waals surface area contributed by atoms with E-state index in [2.05, 4.69) is 10.4 Å². The Kier molecular flexibility index (Phi) is 3.37. The molecule has 0 amide bonds. The van der Waals surface area contributed by atoms with Crippen LogP contribution in [0.1, 0.15) is 12.8 Å². The first kappa shape index (κ1) is 12.0. The van der Waals surface area contributed by atoms with Crippen molar-refractivity contribution >= 4 is 0 Å². The molecule has 0 bridgehead atoms. The molecule has 0 saturated carbocycles. The van der Waals surface area contributed by atoms with Gasteiger partial charge in [-0.1, -0.05) is 6.07 Å². The molecular formula is C14H17N3O2. The highest BCUT2D eigenvalue weighted by Crippen LogP contribution is 2.20. The molecule has 1 aromatic carbocycles. The smallest absolute Gasteiger partial charge is 0.160 e. The quantitative estimate of drug-likeness (QED) is 0.912. The molecule has 0 aliphatic carbocycles. The minimum absolute atomic E-state index is 0.114. The number of benzene rings is 1. The van der Waals surface area contributed by atoms with Crippen LogP contribution in [0.3, 0.4) is 0 Å². The molecule has 3 rings (SSSR count). The normalized spacial score (nSPS) is 18.5. The third-order valence-electron chi connectivity index (χ3n) is 3.17. The van der Waals surface area contributed by atoms with E-state index in [1.807, 2.05) is 30.5 Å². The molecule has 5 nitrogen and oxygen atoms in total. The van der Waals surface area contributed by atoms with Crippen LogP contribution in [0.4, 0.5) is 0 Å². The van der Waals surface area contributed by atoms with E-state index in [0.29, 0.717) is 0 Å². The SMILES string of the molecule is COc1cccc(-n2cc(OC3CCCN3)cn2)c1. The minimum atomic E-state index is 0.114. The van der Waals surface area contributed by atoms with Gasteiger partial charge >= 0.3 is 0 Å². The summed E-state index contributed by atoms with van der Waals surface area (Å²) in [6, 6.07) is 7.76. The van der Waals surface area contributed by atoms with Crippen molar-refractivity contribution in [3.63, 3.8) is 0 Å². The molecule has 0 radical (unpaired) electrons. The first-order valence-electron chi connectivity index (χ1n) is 6.44. The van der Waals surface area contributed by atoms with Gasteiger partial charge in [0.25, 0.3) is 0 Å². The van der Waals surface area contributed by atoms with Gasteiger partial charge < -0.3 is 9.47 Å². The van der Waals surface area contributed by atoms with Crippen molar-refractivity contribution in [2.45, 2.75) is 19.1 Å². The maximum Gasteiger partial charge on any atom is 0.160 e. The van der Waals surface area contributed by atoms with Crippen LogP contribution in [0.2, 0.25) is 0 Å². The lowest BCUT2D eigenvalue weighted by molar-refractivity contribution is 0.187. The van der Waals surface area contributed by atoms with Crippen LogP contribution >= 0.6 is 0 Å². The molecule has 19 heavy (non-hydrogen) atoms. The summed E-state index contributed by atoms with van der Waals surface area (Å²) < 4.78 is 12.8. The summed E-state index contributed by atoms with van der Waals surface area (Å²) in [4.78, 5) is 0. The van der Waals surface area contributed by atoms with E-state index in [-0.39, 0.29) is 6.23 Å². The first-order valence-corrected chi connectivity index (χ1v) is 6.44. The lowest BCUT2D eigenvalue weighted by Crippen LogP contribution is -2.27. The minimum Gasteiger partial charge on any atom is -0.497 e. The topological polar surface area (TPSA) is 48.3 Å². The largest absolute Gasteiger partial charge is 0.497 e. The Morgan fingerprint density at radius 1 is 1.37 bits per heavy atom. The molecule has 1 N–H and O–H groups in total. The van der Waals surface area contributed by atoms with Gasteiger partial charge in [0.2, 0.25) is 0 Å². The van der Waals surface area contributed by atoms with E-state index in [4.69, 9.17) is 9.47 Å². The highest BCUT2D eigenvalue weighted by atomic mass is 16.5. The van der Waals surface area contributed by atoms with Gasteiger partial charge in [-0.15, -0.1) is 0 Å². The summed E-state index contributed by atoms with van der Waals surface area (Å²) in [6.07, 6.45) is 5.94. The highest BCUT2D eigenvalue weighted by molar-refractivity contribution is 5.39. The lowest BCUT2D eigenvalue weighted by atomic mass is 10.3. The van der Waals surface area contributed by atoms with Gasteiger partial charge in [0, 0.05) is 6.07 Å². The van der Waals surface area contributed by atoms with Crippen LogP contribution < -0.4 is 14.8 Å². The molecule has 2 heterocycles. The summed E-state index contributed by atoms with van der Waals surface area (Å²) in [7, 11) is 1.66. The van der Waals surface area contributed by atoms with Gasteiger partial charge in [-0.2, -0.15) is 5.10 Å². The maximum absolute atomic E-state index is 5.81. The molecule has 0 spiro atoms. The van der Waals surface area contributed by atoms with Crippen LogP contribution in [0.25, 0.3) is 5.69 Å². The molecule has 1 atom stereocenters. The number of hydrogen-bond donors (Lipinski definition) is 1. The van der Waals surface area contributed by atoms with E-state index in [0.717, 1.165) is 36.6 Å². The summed E-state index contributed by atoms with van der Waals surface area (Å²) in [5.74, 6) is 1.59. The van der Waals surface area contributed by atoms with Crippen molar-refractivity contribution in [3.05, 3.63) is 36.7 Å². The van der Waals surface area contributed by atoms with E-state index < -0.39 is 0 Å². The first-order chi connectivity index (χ1) is 9.35. The summed E-state index contributed by atoms with van der Waals surface area (Å²) in [6.45, 7) is 1.02. The van der Waals surface area contributed by atoms with Crippen LogP contribution in [0.15, 0.2) is 36.7 Å². The molecule has 100 valence electrons. The van der Waals surface area contributed by atoms with E-state index in [1.54, 1.807) is 18.0 Å². The molecule has 1 aliphatic rings. The molecule has 1 saturated heterocycles. The average molecular weight is 259 g/mol. The number of nitrogens with one attached hydrogen (secondary N) is 1. The monoisotopic (exact) mass is 259 g/mol. The van der Waals surface area contributed by atoms with Gasteiger partial charge in [-0.3, -0.25) is 5.32 Å². The van der Waals surface area contributed by atoms with Crippen LogP contribution in [-0.2, 0) is 0 Å². The maximum atomic E-state index is 5.81. The fraction of sp³-hybridized carbons (Fsp3) is 0.357.